The molecule has 1 aliphatic carbocycles. The van der Waals surface area contributed by atoms with Gasteiger partial charge in [0.05, 0.1) is 0 Å². The highest BCUT2D eigenvalue weighted by atomic mass is 16.1. The first kappa shape index (κ1) is 14.5. The number of carbonyl (C=O) groups excluding carboxylic acids is 1. The predicted molar refractivity (Wildman–Crippen MR) is 71.9 cm³/mol. The van der Waals surface area contributed by atoms with E-state index in [-0.39, 0.29) is 11.4 Å². The Morgan fingerprint density at radius 2 is 1.53 bits per heavy atom. The second-order valence-electron chi connectivity index (χ2n) is 6.45. The number of nitrogens with one attached hydrogen (secondary N) is 2. The van der Waals surface area contributed by atoms with E-state index in [4.69, 9.17) is 0 Å². The highest BCUT2D eigenvalue weighted by molar-refractivity contribution is 5.72. The van der Waals surface area contributed by atoms with Gasteiger partial charge in [0.2, 0.25) is 5.91 Å². The van der Waals surface area contributed by atoms with Crippen molar-refractivity contribution in [3.63, 3.8) is 0 Å². The van der Waals surface area contributed by atoms with Crippen LogP contribution in [0.1, 0.15) is 53.4 Å². The number of rotatable bonds is 4. The van der Waals surface area contributed by atoms with Crippen LogP contribution in [0, 0.1) is 11.8 Å². The SMILES string of the molecule is CC(=O)NC[C@H]1CC[C@H](CNC(C)(C)C)CC1. The minimum absolute atomic E-state index is 0.0986. The van der Waals surface area contributed by atoms with Crippen molar-refractivity contribution in [2.24, 2.45) is 11.8 Å². The minimum atomic E-state index is 0.0986. The molecule has 0 atom stereocenters. The highest BCUT2D eigenvalue weighted by Gasteiger charge is 2.22. The molecule has 0 aliphatic heterocycles. The van der Waals surface area contributed by atoms with Crippen LogP contribution in [-0.2, 0) is 4.79 Å². The lowest BCUT2D eigenvalue weighted by Gasteiger charge is -2.31. The second-order valence-corrected chi connectivity index (χ2v) is 6.45. The Balaban J connectivity index is 2.15. The molecule has 3 nitrogen and oxygen atoms in total. The molecule has 17 heavy (non-hydrogen) atoms. The number of hydrogen-bond acceptors (Lipinski definition) is 2. The third-order valence-corrected chi connectivity index (χ3v) is 3.53. The second kappa shape index (κ2) is 6.39. The smallest absolute Gasteiger partial charge is 0.216 e. The molecule has 1 aliphatic rings. The molecule has 1 amide bonds. The summed E-state index contributed by atoms with van der Waals surface area (Å²) in [6.45, 7) is 10.3. The van der Waals surface area contributed by atoms with E-state index in [1.54, 1.807) is 6.92 Å². The summed E-state index contributed by atoms with van der Waals surface area (Å²) >= 11 is 0. The lowest BCUT2D eigenvalue weighted by atomic mass is 9.81. The third kappa shape index (κ3) is 6.67. The first-order chi connectivity index (χ1) is 7.87. The van der Waals surface area contributed by atoms with Crippen LogP contribution < -0.4 is 10.6 Å². The van der Waals surface area contributed by atoms with Crippen LogP contribution in [0.4, 0.5) is 0 Å². The Bertz CT molecular complexity index is 237. The monoisotopic (exact) mass is 240 g/mol. The molecule has 1 fully saturated rings. The first-order valence-corrected chi connectivity index (χ1v) is 6.86. The van der Waals surface area contributed by atoms with Crippen LogP contribution in [0.5, 0.6) is 0 Å². The van der Waals surface area contributed by atoms with E-state index in [0.29, 0.717) is 5.92 Å². The molecule has 0 spiro atoms. The highest BCUT2D eigenvalue weighted by Crippen LogP contribution is 2.28. The van der Waals surface area contributed by atoms with Crippen LogP contribution in [-0.4, -0.2) is 24.5 Å². The van der Waals surface area contributed by atoms with Crippen LogP contribution in [0.25, 0.3) is 0 Å². The maximum atomic E-state index is 10.8. The third-order valence-electron chi connectivity index (χ3n) is 3.53. The number of hydrogen-bond donors (Lipinski definition) is 2. The summed E-state index contributed by atoms with van der Waals surface area (Å²) in [6, 6.07) is 0. The summed E-state index contributed by atoms with van der Waals surface area (Å²) < 4.78 is 0. The van der Waals surface area contributed by atoms with Gasteiger partial charge in [0.15, 0.2) is 0 Å². The standard InChI is InChI=1S/C14H28N2O/c1-11(17)15-9-12-5-7-13(8-6-12)10-16-14(2,3)4/h12-13,16H,5-10H2,1-4H3,(H,15,17)/t12-,13-. The minimum Gasteiger partial charge on any atom is -0.356 e. The Kier molecular flexibility index (Phi) is 5.44. The molecule has 0 aromatic rings. The van der Waals surface area contributed by atoms with Gasteiger partial charge in [0, 0.05) is 19.0 Å². The lowest BCUT2D eigenvalue weighted by molar-refractivity contribution is -0.119. The molecule has 0 saturated heterocycles. The van der Waals surface area contributed by atoms with Gasteiger partial charge >= 0.3 is 0 Å². The molecule has 0 aromatic heterocycles. The van der Waals surface area contributed by atoms with Gasteiger partial charge in [0.25, 0.3) is 0 Å². The van der Waals surface area contributed by atoms with Crippen molar-refractivity contribution in [2.75, 3.05) is 13.1 Å². The van der Waals surface area contributed by atoms with Gasteiger partial charge in [-0.15, -0.1) is 0 Å². The molecule has 0 aromatic carbocycles. The molecule has 2 N–H and O–H groups in total. The fraction of sp³-hybridized carbons (Fsp3) is 0.929. The van der Waals surface area contributed by atoms with Crippen LogP contribution in [0.15, 0.2) is 0 Å². The van der Waals surface area contributed by atoms with Crippen LogP contribution in [0.2, 0.25) is 0 Å². The van der Waals surface area contributed by atoms with Gasteiger partial charge in [-0.05, 0) is 64.8 Å². The quantitative estimate of drug-likeness (QED) is 0.792. The zero-order valence-electron chi connectivity index (χ0n) is 11.8. The van der Waals surface area contributed by atoms with E-state index in [1.807, 2.05) is 0 Å². The molecule has 0 unspecified atom stereocenters. The molecule has 3 heteroatoms. The predicted octanol–water partition coefficient (Wildman–Crippen LogP) is 2.32. The average molecular weight is 240 g/mol. The summed E-state index contributed by atoms with van der Waals surface area (Å²) in [7, 11) is 0. The summed E-state index contributed by atoms with van der Waals surface area (Å²) in [4.78, 5) is 10.8. The van der Waals surface area contributed by atoms with Crippen LogP contribution >= 0.6 is 0 Å². The zero-order valence-corrected chi connectivity index (χ0v) is 11.8. The lowest BCUT2D eigenvalue weighted by Crippen LogP contribution is -2.40. The Morgan fingerprint density at radius 1 is 1.06 bits per heavy atom. The van der Waals surface area contributed by atoms with Crippen LogP contribution in [0.3, 0.4) is 0 Å². The number of amides is 1. The zero-order chi connectivity index (χ0) is 12.9. The van der Waals surface area contributed by atoms with Gasteiger partial charge in [-0.25, -0.2) is 0 Å². The van der Waals surface area contributed by atoms with Crippen molar-refractivity contribution in [3.8, 4) is 0 Å². The van der Waals surface area contributed by atoms with Gasteiger partial charge in [-0.1, -0.05) is 0 Å². The Labute approximate surface area is 106 Å². The molecular weight excluding hydrogens is 212 g/mol. The molecule has 0 bridgehead atoms. The van der Waals surface area contributed by atoms with Crippen molar-refractivity contribution in [1.29, 1.82) is 0 Å². The van der Waals surface area contributed by atoms with E-state index in [2.05, 4.69) is 31.4 Å². The van der Waals surface area contributed by atoms with E-state index in [9.17, 15) is 4.79 Å². The van der Waals surface area contributed by atoms with Crippen molar-refractivity contribution >= 4 is 5.91 Å². The van der Waals surface area contributed by atoms with E-state index < -0.39 is 0 Å². The molecule has 100 valence electrons. The van der Waals surface area contributed by atoms with Crippen molar-refractivity contribution < 1.29 is 4.79 Å². The summed E-state index contributed by atoms with van der Waals surface area (Å²) in [5.41, 5.74) is 0.229. The van der Waals surface area contributed by atoms with Gasteiger partial charge < -0.3 is 10.6 Å². The summed E-state index contributed by atoms with van der Waals surface area (Å²) in [5, 5.41) is 6.52. The van der Waals surface area contributed by atoms with Crippen molar-refractivity contribution in [1.82, 2.24) is 10.6 Å². The van der Waals surface area contributed by atoms with E-state index in [0.717, 1.165) is 19.0 Å². The average Bonchev–Trinajstić information content (AvgIpc) is 2.24. The first-order valence-electron chi connectivity index (χ1n) is 6.86. The summed E-state index contributed by atoms with van der Waals surface area (Å²) in [5.74, 6) is 1.62. The van der Waals surface area contributed by atoms with Gasteiger partial charge in [-0.2, -0.15) is 0 Å². The van der Waals surface area contributed by atoms with Gasteiger partial charge in [0.1, 0.15) is 0 Å². The largest absolute Gasteiger partial charge is 0.356 e. The van der Waals surface area contributed by atoms with Gasteiger partial charge in [-0.3, -0.25) is 4.79 Å². The summed E-state index contributed by atoms with van der Waals surface area (Å²) in [6.07, 6.45) is 5.12. The van der Waals surface area contributed by atoms with Crippen molar-refractivity contribution in [3.05, 3.63) is 0 Å². The van der Waals surface area contributed by atoms with E-state index >= 15 is 0 Å². The fourth-order valence-corrected chi connectivity index (χ4v) is 2.38. The van der Waals surface area contributed by atoms with E-state index in [1.165, 1.54) is 25.7 Å². The fourth-order valence-electron chi connectivity index (χ4n) is 2.38. The maximum Gasteiger partial charge on any atom is 0.216 e. The molecule has 1 saturated carbocycles. The molecule has 0 radical (unpaired) electrons. The molecule has 0 heterocycles. The normalized spacial score (nSPS) is 25.6. The number of carbonyl (C=O) groups is 1. The molecule has 1 rings (SSSR count). The Hall–Kier alpha value is -0.570. The molecular formula is C14H28N2O. The topological polar surface area (TPSA) is 41.1 Å². The maximum absolute atomic E-state index is 10.8. The Morgan fingerprint density at radius 3 is 1.94 bits per heavy atom. The van der Waals surface area contributed by atoms with Crippen molar-refractivity contribution in [2.45, 2.75) is 58.9 Å².